The molecule has 0 radical (unpaired) electrons. The number of benzene rings is 1. The number of aryl methyl sites for hydroxylation is 1. The van der Waals surface area contributed by atoms with Gasteiger partial charge in [0, 0.05) is 5.56 Å². The molecule has 0 saturated carbocycles. The van der Waals surface area contributed by atoms with Crippen molar-refractivity contribution < 1.29 is 8.42 Å². The highest BCUT2D eigenvalue weighted by Gasteiger charge is 2.16. The number of thiophene rings is 1. The molecule has 1 heterocycles. The minimum atomic E-state index is -3.56. The van der Waals surface area contributed by atoms with Gasteiger partial charge in [0.2, 0.25) is 0 Å². The van der Waals surface area contributed by atoms with Gasteiger partial charge < -0.3 is 5.73 Å². The number of hydrogen-bond donors (Lipinski definition) is 2. The van der Waals surface area contributed by atoms with Crippen LogP contribution in [0, 0.1) is 18.8 Å². The van der Waals surface area contributed by atoms with Crippen LogP contribution < -0.4 is 10.5 Å². The van der Waals surface area contributed by atoms with Gasteiger partial charge in [0.15, 0.2) is 0 Å². The summed E-state index contributed by atoms with van der Waals surface area (Å²) >= 11 is 1.17. The van der Waals surface area contributed by atoms with E-state index in [-0.39, 0.29) is 10.8 Å². The van der Waals surface area contributed by atoms with Crippen molar-refractivity contribution >= 4 is 27.0 Å². The Morgan fingerprint density at radius 3 is 2.80 bits per heavy atom. The average molecular weight is 306 g/mol. The lowest BCUT2D eigenvalue weighted by Crippen LogP contribution is -2.12. The summed E-state index contributed by atoms with van der Waals surface area (Å²) in [6, 6.07) is 8.68. The first-order valence-corrected chi connectivity index (χ1v) is 8.25. The summed E-state index contributed by atoms with van der Waals surface area (Å²) in [4.78, 5) is 0. The Morgan fingerprint density at radius 1 is 1.35 bits per heavy atom. The second-order valence-corrected chi connectivity index (χ2v) is 6.95. The van der Waals surface area contributed by atoms with Gasteiger partial charge in [-0.1, -0.05) is 24.0 Å². The molecule has 0 aliphatic rings. The zero-order valence-electron chi connectivity index (χ0n) is 10.9. The van der Waals surface area contributed by atoms with Crippen LogP contribution in [-0.2, 0) is 10.0 Å². The molecular weight excluding hydrogens is 292 g/mol. The molecular formula is C14H14N2O2S2. The highest BCUT2D eigenvalue weighted by molar-refractivity contribution is 7.94. The molecule has 0 aliphatic heterocycles. The van der Waals surface area contributed by atoms with Gasteiger partial charge in [0.05, 0.1) is 12.2 Å². The molecule has 0 amide bonds. The number of hydrogen-bond acceptors (Lipinski definition) is 4. The molecule has 0 unspecified atom stereocenters. The smallest absolute Gasteiger partial charge is 0.271 e. The van der Waals surface area contributed by atoms with Crippen LogP contribution in [0.15, 0.2) is 39.9 Å². The van der Waals surface area contributed by atoms with Crippen LogP contribution in [-0.4, -0.2) is 15.0 Å². The quantitative estimate of drug-likeness (QED) is 0.854. The first-order valence-electron chi connectivity index (χ1n) is 5.89. The maximum atomic E-state index is 12.2. The summed E-state index contributed by atoms with van der Waals surface area (Å²) in [5.74, 6) is 5.60. The maximum Gasteiger partial charge on any atom is 0.271 e. The standard InChI is InChI=1S/C14H14N2O2S2/c1-11-6-7-12(4-2-8-15)13(10-11)16-20(17,18)14-5-3-9-19-14/h3,5-7,9-10,16H,8,15H2,1H3. The van der Waals surface area contributed by atoms with Crippen molar-refractivity contribution in [2.75, 3.05) is 11.3 Å². The number of nitrogens with two attached hydrogens (primary N) is 1. The van der Waals surface area contributed by atoms with Gasteiger partial charge in [0.1, 0.15) is 4.21 Å². The van der Waals surface area contributed by atoms with Gasteiger partial charge in [-0.05, 0) is 36.1 Å². The highest BCUT2D eigenvalue weighted by atomic mass is 32.2. The monoisotopic (exact) mass is 306 g/mol. The molecule has 2 aromatic rings. The molecule has 0 aliphatic carbocycles. The molecule has 20 heavy (non-hydrogen) atoms. The minimum Gasteiger partial charge on any atom is -0.320 e. The molecule has 2 rings (SSSR count). The van der Waals surface area contributed by atoms with Gasteiger partial charge in [-0.2, -0.15) is 0 Å². The number of nitrogens with one attached hydrogen (secondary N) is 1. The van der Waals surface area contributed by atoms with E-state index in [2.05, 4.69) is 16.6 Å². The van der Waals surface area contributed by atoms with Crippen LogP contribution in [0.2, 0.25) is 0 Å². The normalized spacial score (nSPS) is 10.7. The molecule has 4 nitrogen and oxygen atoms in total. The van der Waals surface area contributed by atoms with E-state index in [1.165, 1.54) is 11.3 Å². The Kier molecular flexibility index (Phi) is 4.45. The zero-order valence-corrected chi connectivity index (χ0v) is 12.5. The minimum absolute atomic E-state index is 0.227. The molecule has 0 fully saturated rings. The van der Waals surface area contributed by atoms with Crippen LogP contribution in [0.4, 0.5) is 5.69 Å². The molecule has 0 atom stereocenters. The van der Waals surface area contributed by atoms with E-state index in [4.69, 9.17) is 5.73 Å². The van der Waals surface area contributed by atoms with Gasteiger partial charge in [0.25, 0.3) is 10.0 Å². The first-order chi connectivity index (χ1) is 9.53. The van der Waals surface area contributed by atoms with E-state index < -0.39 is 10.0 Å². The fourth-order valence-corrected chi connectivity index (χ4v) is 3.67. The molecule has 1 aromatic heterocycles. The van der Waals surface area contributed by atoms with Crippen molar-refractivity contribution in [3.05, 3.63) is 46.8 Å². The summed E-state index contributed by atoms with van der Waals surface area (Å²) in [7, 11) is -3.56. The van der Waals surface area contributed by atoms with Gasteiger partial charge in [-0.15, -0.1) is 11.3 Å². The van der Waals surface area contributed by atoms with Crippen LogP contribution in [0.25, 0.3) is 0 Å². The van der Waals surface area contributed by atoms with E-state index >= 15 is 0 Å². The average Bonchev–Trinajstić information content (AvgIpc) is 2.92. The molecule has 0 spiro atoms. The van der Waals surface area contributed by atoms with Crippen LogP contribution >= 0.6 is 11.3 Å². The van der Waals surface area contributed by atoms with E-state index in [1.54, 1.807) is 29.6 Å². The van der Waals surface area contributed by atoms with E-state index in [0.717, 1.165) is 5.56 Å². The van der Waals surface area contributed by atoms with E-state index in [1.807, 2.05) is 13.0 Å². The van der Waals surface area contributed by atoms with Crippen LogP contribution in [0.3, 0.4) is 0 Å². The van der Waals surface area contributed by atoms with Crippen molar-refractivity contribution in [1.82, 2.24) is 0 Å². The van der Waals surface area contributed by atoms with E-state index in [0.29, 0.717) is 11.3 Å². The molecule has 104 valence electrons. The second-order valence-electron chi connectivity index (χ2n) is 4.09. The van der Waals surface area contributed by atoms with Gasteiger partial charge >= 0.3 is 0 Å². The fourth-order valence-electron chi connectivity index (χ4n) is 1.61. The third kappa shape index (κ3) is 3.39. The van der Waals surface area contributed by atoms with Crippen molar-refractivity contribution in [2.24, 2.45) is 5.73 Å². The maximum absolute atomic E-state index is 12.2. The van der Waals surface area contributed by atoms with E-state index in [9.17, 15) is 8.42 Å². The lowest BCUT2D eigenvalue weighted by Gasteiger charge is -2.09. The Bertz CT molecular complexity index is 754. The Labute approximate surface area is 122 Å². The Balaban J connectivity index is 2.40. The highest BCUT2D eigenvalue weighted by Crippen LogP contribution is 2.23. The molecule has 1 aromatic carbocycles. The summed E-state index contributed by atoms with van der Waals surface area (Å²) in [6.07, 6.45) is 0. The SMILES string of the molecule is Cc1ccc(C#CCN)c(NS(=O)(=O)c2cccs2)c1. The first kappa shape index (κ1) is 14.6. The number of sulfonamides is 1. The van der Waals surface area contributed by atoms with Gasteiger partial charge in [-0.3, -0.25) is 4.72 Å². The third-order valence-corrected chi connectivity index (χ3v) is 5.27. The van der Waals surface area contributed by atoms with Crippen molar-refractivity contribution in [2.45, 2.75) is 11.1 Å². The topological polar surface area (TPSA) is 72.2 Å². The summed E-state index contributed by atoms with van der Waals surface area (Å²) in [5.41, 5.74) is 7.39. The largest absolute Gasteiger partial charge is 0.320 e. The molecule has 6 heteroatoms. The van der Waals surface area contributed by atoms with Gasteiger partial charge in [-0.25, -0.2) is 8.42 Å². The predicted molar refractivity (Wildman–Crippen MR) is 82.2 cm³/mol. The summed E-state index contributed by atoms with van der Waals surface area (Å²) < 4.78 is 27.3. The summed E-state index contributed by atoms with van der Waals surface area (Å²) in [5, 5.41) is 1.72. The van der Waals surface area contributed by atoms with Crippen molar-refractivity contribution in [3.63, 3.8) is 0 Å². The number of rotatable bonds is 3. The van der Waals surface area contributed by atoms with Crippen LogP contribution in [0.5, 0.6) is 0 Å². The van der Waals surface area contributed by atoms with Crippen molar-refractivity contribution in [3.8, 4) is 11.8 Å². The molecule has 0 bridgehead atoms. The molecule has 0 saturated heterocycles. The zero-order chi connectivity index (χ0) is 14.6. The lowest BCUT2D eigenvalue weighted by atomic mass is 10.1. The summed E-state index contributed by atoms with van der Waals surface area (Å²) in [6.45, 7) is 2.12. The van der Waals surface area contributed by atoms with Crippen molar-refractivity contribution in [1.29, 1.82) is 0 Å². The fraction of sp³-hybridized carbons (Fsp3) is 0.143. The predicted octanol–water partition coefficient (Wildman–Crippen LogP) is 2.17. The Hall–Kier alpha value is -1.81. The second kappa shape index (κ2) is 6.09. The number of anilines is 1. The Morgan fingerprint density at radius 2 is 2.15 bits per heavy atom. The molecule has 3 N–H and O–H groups in total. The lowest BCUT2D eigenvalue weighted by molar-refractivity contribution is 0.603. The van der Waals surface area contributed by atoms with Crippen LogP contribution in [0.1, 0.15) is 11.1 Å². The third-order valence-electron chi connectivity index (χ3n) is 2.50.